The molecule has 4 aromatic rings. The number of sulfonamides is 2. The number of nitrogens with zero attached hydrogens (tertiary/aromatic N) is 3. The van der Waals surface area contributed by atoms with E-state index in [1.165, 1.54) is 12.1 Å². The van der Waals surface area contributed by atoms with Crippen molar-refractivity contribution in [3.63, 3.8) is 0 Å². The Kier molecular flexibility index (Phi) is 13.4. The van der Waals surface area contributed by atoms with E-state index in [1.54, 1.807) is 65.8 Å². The first-order valence-corrected chi connectivity index (χ1v) is 22.3. The molecular weight excluding hydrogens is 856 g/mol. The molecule has 2 amide bonds. The fourth-order valence-electron chi connectivity index (χ4n) is 6.69. The maximum Gasteiger partial charge on any atom is 0.435 e. The third-order valence-electron chi connectivity index (χ3n) is 9.75. The van der Waals surface area contributed by atoms with Gasteiger partial charge in [0.05, 0.1) is 26.8 Å². The quantitative estimate of drug-likeness (QED) is 0.0429. The fraction of sp³-hybridized carbons (Fsp3) is 0.415. The number of halogens is 3. The van der Waals surface area contributed by atoms with E-state index in [-0.39, 0.29) is 41.6 Å². The van der Waals surface area contributed by atoms with Gasteiger partial charge in [-0.25, -0.2) is 41.2 Å². The number of carbonyl (C=O) groups excluding carboxylic acids is 1. The number of alkyl halides is 3. The molecule has 5 rings (SSSR count). The number of nitrogens with one attached hydrogen (secondary N) is 4. The lowest BCUT2D eigenvalue weighted by Crippen LogP contribution is -2.48. The van der Waals surface area contributed by atoms with Gasteiger partial charge in [0.2, 0.25) is 5.96 Å². The van der Waals surface area contributed by atoms with Crippen LogP contribution < -0.4 is 25.0 Å². The van der Waals surface area contributed by atoms with E-state index >= 15 is 0 Å². The molecule has 21 heteroatoms. The number of hydroxylamine groups is 1. The van der Waals surface area contributed by atoms with Crippen LogP contribution in [0.4, 0.5) is 18.0 Å². The first-order valence-electron chi connectivity index (χ1n) is 19.3. The number of benzene rings is 3. The van der Waals surface area contributed by atoms with Crippen LogP contribution in [0.25, 0.3) is 16.9 Å². The van der Waals surface area contributed by atoms with E-state index in [9.17, 15) is 44.7 Å². The van der Waals surface area contributed by atoms with E-state index in [0.29, 0.717) is 34.4 Å². The Balaban J connectivity index is 1.32. The number of aromatic nitrogens is 2. The number of hydrogen-bond acceptors (Lipinski definition) is 10. The molecule has 1 unspecified atom stereocenters. The van der Waals surface area contributed by atoms with Crippen molar-refractivity contribution in [2.45, 2.75) is 115 Å². The van der Waals surface area contributed by atoms with Crippen molar-refractivity contribution in [3.05, 3.63) is 88.1 Å². The molecule has 0 bridgehead atoms. The zero-order chi connectivity index (χ0) is 46.2. The summed E-state index contributed by atoms with van der Waals surface area (Å²) in [7, 11) is -8.93. The van der Waals surface area contributed by atoms with Crippen LogP contribution in [0.3, 0.4) is 0 Å². The lowest BCUT2D eigenvalue weighted by Gasteiger charge is -2.23. The number of rotatable bonds is 13. The molecule has 1 aromatic heterocycles. The molecule has 0 radical (unpaired) electrons. The van der Waals surface area contributed by atoms with Gasteiger partial charge in [-0.05, 0) is 122 Å². The smallest absolute Gasteiger partial charge is 0.435 e. The molecular formula is C41H50F3N7O9S2. The standard InChI is InChI=1S/C41H50F3N7O9S2/c1-23-12-14-27(15-13-23)32-21-33(41(42,43)44)47-51(32)28-16-18-29(19-17-28)61(55,56)49-36(52)31(46-38(53)54)11-10-20-45-37(48-60-39(5,6)7)50-62(57,58)35-25(3)24(2)34-30(26(35)4)22-40(8,9)59-34/h12-19,21,31,46H,10-11,20,22H2,1-9H3,(H,49,52)(H,53,54)(H2,45,48,50). The Morgan fingerprint density at radius 1 is 0.935 bits per heavy atom. The van der Waals surface area contributed by atoms with Gasteiger partial charge in [-0.15, -0.1) is 0 Å². The normalized spacial score (nSPS) is 14.7. The average molecular weight is 906 g/mol. The van der Waals surface area contributed by atoms with Crippen molar-refractivity contribution in [1.82, 2.24) is 30.0 Å². The molecule has 16 nitrogen and oxygen atoms in total. The van der Waals surface area contributed by atoms with Crippen LogP contribution in [0, 0.1) is 27.7 Å². The van der Waals surface area contributed by atoms with Gasteiger partial charge in [-0.2, -0.15) is 18.3 Å². The number of guanidine groups is 1. The predicted molar refractivity (Wildman–Crippen MR) is 224 cm³/mol. The number of amides is 2. The molecule has 5 N–H and O–H groups in total. The molecule has 2 heterocycles. The number of aryl methyl sites for hydroxylation is 1. The number of aliphatic imine (C=N–C) groups is 1. The van der Waals surface area contributed by atoms with Crippen LogP contribution in [0.5, 0.6) is 5.75 Å². The summed E-state index contributed by atoms with van der Waals surface area (Å²) in [6, 6.07) is 10.5. The number of carboxylic acid groups (broad SMARTS) is 1. The molecule has 0 saturated carbocycles. The Bertz CT molecular complexity index is 2600. The number of ether oxygens (including phenoxy) is 1. The largest absolute Gasteiger partial charge is 0.487 e. The van der Waals surface area contributed by atoms with E-state index in [1.807, 2.05) is 30.8 Å². The summed E-state index contributed by atoms with van der Waals surface area (Å²) in [5.41, 5.74) is 3.97. The van der Waals surface area contributed by atoms with Crippen molar-refractivity contribution in [2.75, 3.05) is 6.54 Å². The number of hydrogen-bond donors (Lipinski definition) is 5. The second kappa shape index (κ2) is 17.6. The molecule has 336 valence electrons. The highest BCUT2D eigenvalue weighted by atomic mass is 32.2. The maximum atomic E-state index is 14.0. The molecule has 0 aliphatic carbocycles. The van der Waals surface area contributed by atoms with Gasteiger partial charge in [0, 0.05) is 24.1 Å². The van der Waals surface area contributed by atoms with E-state index < -0.39 is 66.1 Å². The molecule has 1 atom stereocenters. The van der Waals surface area contributed by atoms with Gasteiger partial charge >= 0.3 is 12.3 Å². The molecule has 0 spiro atoms. The summed E-state index contributed by atoms with van der Waals surface area (Å²) < 4.78 is 107. The van der Waals surface area contributed by atoms with E-state index in [2.05, 4.69) is 20.3 Å². The Labute approximate surface area is 358 Å². The minimum atomic E-state index is -4.77. The van der Waals surface area contributed by atoms with Crippen LogP contribution in [-0.4, -0.2) is 73.5 Å². The summed E-state index contributed by atoms with van der Waals surface area (Å²) >= 11 is 0. The molecule has 1 aliphatic heterocycles. The monoisotopic (exact) mass is 905 g/mol. The summed E-state index contributed by atoms with van der Waals surface area (Å²) in [6.45, 7) is 15.8. The van der Waals surface area contributed by atoms with Crippen molar-refractivity contribution in [1.29, 1.82) is 0 Å². The minimum absolute atomic E-state index is 0.0440. The van der Waals surface area contributed by atoms with Gasteiger partial charge in [0.25, 0.3) is 26.0 Å². The van der Waals surface area contributed by atoms with Gasteiger partial charge in [-0.3, -0.25) is 14.6 Å². The highest BCUT2D eigenvalue weighted by molar-refractivity contribution is 7.90. The van der Waals surface area contributed by atoms with Crippen molar-refractivity contribution in [3.8, 4) is 22.7 Å². The molecule has 0 fully saturated rings. The van der Waals surface area contributed by atoms with Gasteiger partial charge in [-0.1, -0.05) is 29.8 Å². The van der Waals surface area contributed by atoms with E-state index in [0.717, 1.165) is 34.0 Å². The summed E-state index contributed by atoms with van der Waals surface area (Å²) in [4.78, 5) is 34.4. The second-order valence-corrected chi connectivity index (χ2v) is 19.8. The highest BCUT2D eigenvalue weighted by Gasteiger charge is 2.38. The van der Waals surface area contributed by atoms with Crippen LogP contribution >= 0.6 is 0 Å². The zero-order valence-corrected chi connectivity index (χ0v) is 37.2. The van der Waals surface area contributed by atoms with Crippen LogP contribution in [0.15, 0.2) is 69.4 Å². The van der Waals surface area contributed by atoms with Crippen molar-refractivity contribution < 1.29 is 54.3 Å². The summed E-state index contributed by atoms with van der Waals surface area (Å²) in [5.74, 6) is -0.887. The molecule has 3 aromatic carbocycles. The number of carbonyl (C=O) groups is 2. The second-order valence-electron chi connectivity index (χ2n) is 16.5. The lowest BCUT2D eigenvalue weighted by atomic mass is 9.94. The van der Waals surface area contributed by atoms with E-state index in [4.69, 9.17) is 9.57 Å². The lowest BCUT2D eigenvalue weighted by molar-refractivity contribution is -0.141. The SMILES string of the molecule is Cc1ccc(-c2cc(C(F)(F)F)nn2-c2ccc(S(=O)(=O)NC(=O)C(CCCN=C(NOC(C)(C)C)NS(=O)(=O)c3c(C)c(C)c4c(c3C)CC(C)(C)O4)NC(=O)O)cc2)cc1. The Hall–Kier alpha value is -5.67. The average Bonchev–Trinajstić information content (AvgIpc) is 3.75. The Morgan fingerprint density at radius 2 is 1.56 bits per heavy atom. The van der Waals surface area contributed by atoms with Crippen molar-refractivity contribution >= 4 is 38.0 Å². The number of fused-ring (bicyclic) bond motifs is 1. The van der Waals surface area contributed by atoms with Gasteiger partial charge in [0.1, 0.15) is 17.4 Å². The highest BCUT2D eigenvalue weighted by Crippen LogP contribution is 2.44. The first-order chi connectivity index (χ1) is 28.6. The third-order valence-corrected chi connectivity index (χ3v) is 12.7. The summed E-state index contributed by atoms with van der Waals surface area (Å²) in [5, 5.41) is 15.2. The predicted octanol–water partition coefficient (Wildman–Crippen LogP) is 6.38. The van der Waals surface area contributed by atoms with Crippen LogP contribution in [0.2, 0.25) is 0 Å². The Morgan fingerprint density at radius 3 is 2.15 bits per heavy atom. The molecule has 62 heavy (non-hydrogen) atoms. The molecule has 1 aliphatic rings. The third kappa shape index (κ3) is 11.2. The van der Waals surface area contributed by atoms with Crippen LogP contribution in [0.1, 0.15) is 81.0 Å². The fourth-order valence-corrected chi connectivity index (χ4v) is 9.26. The zero-order valence-electron chi connectivity index (χ0n) is 35.6. The van der Waals surface area contributed by atoms with Gasteiger partial charge in [0.15, 0.2) is 5.69 Å². The van der Waals surface area contributed by atoms with Crippen LogP contribution in [-0.2, 0) is 42.3 Å². The maximum absolute atomic E-state index is 14.0. The topological polar surface area (TPSA) is 219 Å². The van der Waals surface area contributed by atoms with Crippen molar-refractivity contribution in [2.24, 2.45) is 4.99 Å². The molecule has 0 saturated heterocycles. The summed E-state index contributed by atoms with van der Waals surface area (Å²) in [6.07, 6.45) is -6.23. The first kappa shape index (κ1) is 47.4. The van der Waals surface area contributed by atoms with Gasteiger partial charge < -0.3 is 15.2 Å². The minimum Gasteiger partial charge on any atom is -0.487 e.